The topological polar surface area (TPSA) is 64.2 Å². The van der Waals surface area contributed by atoms with Gasteiger partial charge in [-0.25, -0.2) is 4.79 Å². The van der Waals surface area contributed by atoms with Crippen molar-refractivity contribution in [1.29, 1.82) is 0 Å². The smallest absolute Gasteiger partial charge is 0.356 e. The van der Waals surface area contributed by atoms with Crippen LogP contribution in [0.1, 0.15) is 105 Å². The van der Waals surface area contributed by atoms with Gasteiger partial charge >= 0.3 is 5.97 Å². The largest absolute Gasteiger partial charge is 0.543 e. The van der Waals surface area contributed by atoms with Crippen molar-refractivity contribution in [1.82, 2.24) is 10.2 Å². The number of nitrogens with one attached hydrogen (secondary N) is 1. The summed E-state index contributed by atoms with van der Waals surface area (Å²) in [6.45, 7) is 18.5. The Bertz CT molecular complexity index is 1180. The zero-order chi connectivity index (χ0) is 26.0. The number of nitrogens with zero attached hydrogens (tertiary/aromatic N) is 1. The average Bonchev–Trinajstić information content (AvgIpc) is 3.35. The van der Waals surface area contributed by atoms with Crippen LogP contribution in [0, 0.1) is 11.8 Å². The Balaban J connectivity index is 1.46. The first-order chi connectivity index (χ1) is 16.9. The summed E-state index contributed by atoms with van der Waals surface area (Å²) in [7, 11) is -1.90. The van der Waals surface area contributed by atoms with Gasteiger partial charge in [-0.15, -0.1) is 0 Å². The summed E-state index contributed by atoms with van der Waals surface area (Å²) in [5, 5.41) is 7.90. The average molecular weight is 509 g/mol. The number of benzene rings is 1. The maximum absolute atomic E-state index is 12.6. The van der Waals surface area contributed by atoms with Crippen LogP contribution in [0.3, 0.4) is 0 Å². The van der Waals surface area contributed by atoms with E-state index in [1.54, 1.807) is 5.56 Å². The van der Waals surface area contributed by atoms with Crippen molar-refractivity contribution in [3.8, 4) is 5.75 Å². The van der Waals surface area contributed by atoms with Gasteiger partial charge in [0.15, 0.2) is 0 Å². The summed E-state index contributed by atoms with van der Waals surface area (Å²) in [5.74, 6) is 2.59. The van der Waals surface area contributed by atoms with Crippen LogP contribution < -0.4 is 4.43 Å². The Hall–Kier alpha value is -2.08. The number of fused-ring (bicyclic) bond motifs is 7. The van der Waals surface area contributed by atoms with Crippen LogP contribution in [-0.2, 0) is 29.4 Å². The molecular formula is C30H44N2O3Si. The molecule has 2 aromatic rings. The van der Waals surface area contributed by atoms with E-state index in [0.717, 1.165) is 42.7 Å². The molecule has 1 aromatic carbocycles. The lowest BCUT2D eigenvalue weighted by molar-refractivity contribution is 0.0516. The molecule has 3 unspecified atom stereocenters. The molecule has 0 aliphatic heterocycles. The third kappa shape index (κ3) is 3.86. The number of ether oxygens (including phenoxy) is 1. The number of hydrogen-bond donors (Lipinski definition) is 1. The molecule has 6 heteroatoms. The van der Waals surface area contributed by atoms with Crippen molar-refractivity contribution in [2.24, 2.45) is 11.8 Å². The van der Waals surface area contributed by atoms with E-state index in [-0.39, 0.29) is 16.4 Å². The molecule has 1 fully saturated rings. The zero-order valence-corrected chi connectivity index (χ0v) is 24.5. The monoisotopic (exact) mass is 508 g/mol. The highest BCUT2D eigenvalue weighted by molar-refractivity contribution is 6.74. The van der Waals surface area contributed by atoms with Gasteiger partial charge < -0.3 is 9.16 Å². The maximum atomic E-state index is 12.6. The van der Waals surface area contributed by atoms with Crippen LogP contribution in [-0.4, -0.2) is 31.1 Å². The van der Waals surface area contributed by atoms with Crippen molar-refractivity contribution in [2.45, 2.75) is 110 Å². The SMILES string of the molecule is CCOC(=O)c1[nH]nc2c1CC1C3CCc4cc(O[Si](C)(C)C(C)(C)C)c(CC)cc4C3CC[C@]21C. The predicted octanol–water partition coefficient (Wildman–Crippen LogP) is 7.10. The number of carbonyl (C=O) groups is 1. The first kappa shape index (κ1) is 25.6. The highest BCUT2D eigenvalue weighted by atomic mass is 28.4. The zero-order valence-electron chi connectivity index (χ0n) is 23.5. The minimum absolute atomic E-state index is 0.0359. The Morgan fingerprint density at radius 2 is 1.97 bits per heavy atom. The van der Waals surface area contributed by atoms with Gasteiger partial charge in [0.25, 0.3) is 0 Å². The number of aromatic nitrogens is 2. The summed E-state index contributed by atoms with van der Waals surface area (Å²) in [6, 6.07) is 4.90. The number of H-pyrrole nitrogens is 1. The molecule has 196 valence electrons. The highest BCUT2D eigenvalue weighted by Crippen LogP contribution is 2.60. The minimum atomic E-state index is -1.90. The van der Waals surface area contributed by atoms with E-state index in [2.05, 4.69) is 64.9 Å². The Morgan fingerprint density at radius 1 is 1.22 bits per heavy atom. The van der Waals surface area contributed by atoms with Gasteiger partial charge in [0.05, 0.1) is 12.3 Å². The van der Waals surface area contributed by atoms with Crippen molar-refractivity contribution >= 4 is 14.3 Å². The third-order valence-corrected chi connectivity index (χ3v) is 14.5. The van der Waals surface area contributed by atoms with Crippen LogP contribution in [0.15, 0.2) is 12.1 Å². The van der Waals surface area contributed by atoms with Crippen molar-refractivity contribution in [3.63, 3.8) is 0 Å². The van der Waals surface area contributed by atoms with Gasteiger partial charge in [-0.2, -0.15) is 5.10 Å². The van der Waals surface area contributed by atoms with Gasteiger partial charge in [-0.05, 0) is 104 Å². The van der Waals surface area contributed by atoms with Crippen molar-refractivity contribution in [3.05, 3.63) is 45.8 Å². The molecule has 0 spiro atoms. The molecule has 5 rings (SSSR count). The van der Waals surface area contributed by atoms with Crippen molar-refractivity contribution in [2.75, 3.05) is 6.61 Å². The van der Waals surface area contributed by atoms with Gasteiger partial charge in [-0.1, -0.05) is 40.7 Å². The van der Waals surface area contributed by atoms with E-state index in [4.69, 9.17) is 14.3 Å². The van der Waals surface area contributed by atoms with E-state index in [1.807, 2.05) is 6.92 Å². The van der Waals surface area contributed by atoms with Crippen molar-refractivity contribution < 1.29 is 14.0 Å². The van der Waals surface area contributed by atoms with E-state index in [1.165, 1.54) is 24.0 Å². The number of esters is 1. The first-order valence-electron chi connectivity index (χ1n) is 14.0. The standard InChI is InChI=1S/C30H44N2O3Si/c1-9-18-15-22-19(16-25(18)35-36(7,8)29(3,4)5)11-12-21-20(22)13-14-30(6)24(21)17-23-26(28(33)34-10-2)31-32-27(23)30/h15-16,20-21,24H,9-14,17H2,1-8H3,(H,31,32)/t20?,21?,24?,30-/m0/s1. The van der Waals surface area contributed by atoms with Gasteiger partial charge in [0, 0.05) is 11.0 Å². The lowest BCUT2D eigenvalue weighted by atomic mass is 9.55. The van der Waals surface area contributed by atoms with Gasteiger partial charge in [-0.3, -0.25) is 5.10 Å². The molecule has 36 heavy (non-hydrogen) atoms. The first-order valence-corrected chi connectivity index (χ1v) is 16.9. The number of aromatic amines is 1. The molecule has 1 saturated carbocycles. The van der Waals surface area contributed by atoms with E-state index < -0.39 is 8.32 Å². The molecule has 1 heterocycles. The fraction of sp³-hybridized carbons (Fsp3) is 0.667. The van der Waals surface area contributed by atoms with Crippen LogP contribution in [0.2, 0.25) is 18.1 Å². The molecular weight excluding hydrogens is 464 g/mol. The van der Waals surface area contributed by atoms with E-state index >= 15 is 0 Å². The summed E-state index contributed by atoms with van der Waals surface area (Å²) in [4.78, 5) is 12.6. The predicted molar refractivity (Wildman–Crippen MR) is 147 cm³/mol. The van der Waals surface area contributed by atoms with Gasteiger partial charge in [0.1, 0.15) is 11.4 Å². The van der Waals surface area contributed by atoms with Crippen LogP contribution in [0.5, 0.6) is 5.75 Å². The molecule has 4 atom stereocenters. The molecule has 1 aromatic heterocycles. The minimum Gasteiger partial charge on any atom is -0.543 e. The molecule has 0 radical (unpaired) electrons. The summed E-state index contributed by atoms with van der Waals surface area (Å²) < 4.78 is 12.2. The number of carbonyl (C=O) groups excluding carboxylic acids is 1. The second-order valence-electron chi connectivity index (χ2n) is 13.1. The molecule has 0 amide bonds. The molecule has 1 N–H and O–H groups in total. The second-order valence-corrected chi connectivity index (χ2v) is 17.8. The van der Waals surface area contributed by atoms with Crippen LogP contribution in [0.4, 0.5) is 0 Å². The summed E-state index contributed by atoms with van der Waals surface area (Å²) in [5.41, 5.74) is 7.26. The highest BCUT2D eigenvalue weighted by Gasteiger charge is 2.55. The Kier molecular flexibility index (Phi) is 6.21. The van der Waals surface area contributed by atoms with Gasteiger partial charge in [0.2, 0.25) is 8.32 Å². The molecule has 0 bridgehead atoms. The van der Waals surface area contributed by atoms with E-state index in [0.29, 0.717) is 30.1 Å². The molecule has 3 aliphatic rings. The second kappa shape index (κ2) is 8.75. The number of aryl methyl sites for hydroxylation is 2. The lowest BCUT2D eigenvalue weighted by Crippen LogP contribution is -2.44. The van der Waals surface area contributed by atoms with E-state index in [9.17, 15) is 4.79 Å². The molecule has 0 saturated heterocycles. The fourth-order valence-corrected chi connectivity index (χ4v) is 8.11. The van der Waals surface area contributed by atoms with Crippen LogP contribution >= 0.6 is 0 Å². The maximum Gasteiger partial charge on any atom is 0.356 e. The summed E-state index contributed by atoms with van der Waals surface area (Å²) >= 11 is 0. The fourth-order valence-electron chi connectivity index (χ4n) is 7.06. The Morgan fingerprint density at radius 3 is 2.64 bits per heavy atom. The van der Waals surface area contributed by atoms with Crippen LogP contribution in [0.25, 0.3) is 0 Å². The third-order valence-electron chi connectivity index (χ3n) is 10.2. The quantitative estimate of drug-likeness (QED) is 0.345. The number of hydrogen-bond acceptors (Lipinski definition) is 4. The lowest BCUT2D eigenvalue weighted by Gasteiger charge is -2.49. The molecule has 5 nitrogen and oxygen atoms in total. The Labute approximate surface area is 217 Å². The normalized spacial score (nSPS) is 27.1. The summed E-state index contributed by atoms with van der Waals surface area (Å²) in [6.07, 6.45) is 6.52. The molecule has 3 aliphatic carbocycles. The number of rotatable bonds is 5.